The molecule has 1 N–H and O–H groups in total. The van der Waals surface area contributed by atoms with Crippen molar-refractivity contribution in [2.75, 3.05) is 0 Å². The first-order valence-corrected chi connectivity index (χ1v) is 3.80. The van der Waals surface area contributed by atoms with Crippen LogP contribution in [0.25, 0.3) is 0 Å². The molecule has 0 radical (unpaired) electrons. The third-order valence-corrected chi connectivity index (χ3v) is 1.85. The number of rotatable bonds is 0. The number of benzene rings is 1. The molecule has 0 unspecified atom stereocenters. The third kappa shape index (κ3) is 1.21. The van der Waals surface area contributed by atoms with E-state index in [9.17, 15) is 0 Å². The molecule has 11 heavy (non-hydrogen) atoms. The van der Waals surface area contributed by atoms with Gasteiger partial charge < -0.3 is 5.32 Å². The molecular formula is C8H7ClN2. The van der Waals surface area contributed by atoms with Crippen molar-refractivity contribution in [3.63, 3.8) is 0 Å². The summed E-state index contributed by atoms with van der Waals surface area (Å²) in [6.07, 6.45) is 0. The second-order valence-electron chi connectivity index (χ2n) is 2.38. The Labute approximate surface area is 69.9 Å². The monoisotopic (exact) mass is 166 g/mol. The lowest BCUT2D eigenvalue weighted by molar-refractivity contribution is 0.906. The minimum absolute atomic E-state index is 0.476. The van der Waals surface area contributed by atoms with Gasteiger partial charge in [-0.15, -0.1) is 0 Å². The minimum Gasteiger partial charge on any atom is -0.356 e. The number of aliphatic imine (C=N–C) groups is 1. The summed E-state index contributed by atoms with van der Waals surface area (Å²) in [7, 11) is 0. The normalized spacial score (nSPS) is 14.8. The van der Waals surface area contributed by atoms with Gasteiger partial charge in [-0.2, -0.15) is 0 Å². The van der Waals surface area contributed by atoms with E-state index in [1.807, 2.05) is 24.3 Å². The molecule has 0 aromatic heterocycles. The van der Waals surface area contributed by atoms with Gasteiger partial charge in [0.1, 0.15) is 0 Å². The average Bonchev–Trinajstić information content (AvgIpc) is 2.04. The maximum absolute atomic E-state index is 5.68. The van der Waals surface area contributed by atoms with E-state index >= 15 is 0 Å². The van der Waals surface area contributed by atoms with Gasteiger partial charge in [0.05, 0.1) is 5.69 Å². The smallest absolute Gasteiger partial charge is 0.196 e. The largest absolute Gasteiger partial charge is 0.356 e. The van der Waals surface area contributed by atoms with Crippen LogP contribution >= 0.6 is 11.6 Å². The highest BCUT2D eigenvalue weighted by atomic mass is 35.5. The summed E-state index contributed by atoms with van der Waals surface area (Å²) in [4.78, 5) is 4.12. The van der Waals surface area contributed by atoms with E-state index in [2.05, 4.69) is 10.3 Å². The van der Waals surface area contributed by atoms with E-state index in [0.29, 0.717) is 5.29 Å². The van der Waals surface area contributed by atoms with Crippen molar-refractivity contribution >= 4 is 22.6 Å². The van der Waals surface area contributed by atoms with E-state index in [0.717, 1.165) is 12.2 Å². The molecular weight excluding hydrogens is 160 g/mol. The van der Waals surface area contributed by atoms with Crippen molar-refractivity contribution in [2.45, 2.75) is 6.54 Å². The molecule has 2 rings (SSSR count). The van der Waals surface area contributed by atoms with Crippen LogP contribution in [0.4, 0.5) is 5.69 Å². The van der Waals surface area contributed by atoms with Crippen molar-refractivity contribution in [3.05, 3.63) is 29.8 Å². The molecule has 0 amide bonds. The molecule has 1 aliphatic heterocycles. The van der Waals surface area contributed by atoms with Crippen LogP contribution in [0.1, 0.15) is 5.56 Å². The summed E-state index contributed by atoms with van der Waals surface area (Å²) in [5, 5.41) is 3.43. The Morgan fingerprint density at radius 2 is 2.18 bits per heavy atom. The molecule has 0 fully saturated rings. The van der Waals surface area contributed by atoms with Crippen molar-refractivity contribution in [3.8, 4) is 0 Å². The van der Waals surface area contributed by atoms with Gasteiger partial charge in [-0.1, -0.05) is 18.2 Å². The molecule has 0 saturated heterocycles. The first-order valence-electron chi connectivity index (χ1n) is 3.42. The predicted molar refractivity (Wildman–Crippen MR) is 46.2 cm³/mol. The quantitative estimate of drug-likeness (QED) is 0.586. The predicted octanol–water partition coefficient (Wildman–Crippen LogP) is 2.02. The Morgan fingerprint density at radius 3 is 3.09 bits per heavy atom. The molecule has 0 bridgehead atoms. The molecule has 1 aromatic rings. The maximum Gasteiger partial charge on any atom is 0.196 e. The van der Waals surface area contributed by atoms with Crippen LogP contribution < -0.4 is 5.32 Å². The number of hydrogen-bond acceptors (Lipinski definition) is 2. The molecule has 1 aliphatic rings. The fraction of sp³-hybridized carbons (Fsp3) is 0.125. The molecule has 0 saturated carbocycles. The third-order valence-electron chi connectivity index (χ3n) is 1.63. The Morgan fingerprint density at radius 1 is 1.36 bits per heavy atom. The number of nitrogens with zero attached hydrogens (tertiary/aromatic N) is 1. The van der Waals surface area contributed by atoms with Gasteiger partial charge in [-0.3, -0.25) is 0 Å². The fourth-order valence-electron chi connectivity index (χ4n) is 1.08. The molecule has 3 heteroatoms. The van der Waals surface area contributed by atoms with Gasteiger partial charge in [0.15, 0.2) is 5.29 Å². The van der Waals surface area contributed by atoms with Gasteiger partial charge in [0.25, 0.3) is 0 Å². The number of nitrogens with one attached hydrogen (secondary N) is 1. The van der Waals surface area contributed by atoms with E-state index in [1.165, 1.54) is 5.56 Å². The van der Waals surface area contributed by atoms with Crippen LogP contribution in [-0.4, -0.2) is 5.29 Å². The minimum atomic E-state index is 0.476. The molecule has 0 spiro atoms. The van der Waals surface area contributed by atoms with E-state index in [4.69, 9.17) is 11.6 Å². The second kappa shape index (κ2) is 2.55. The van der Waals surface area contributed by atoms with Gasteiger partial charge in [-0.25, -0.2) is 4.99 Å². The maximum atomic E-state index is 5.68. The zero-order chi connectivity index (χ0) is 7.68. The number of fused-ring (bicyclic) bond motifs is 1. The average molecular weight is 167 g/mol. The van der Waals surface area contributed by atoms with Crippen LogP contribution in [0.5, 0.6) is 0 Å². The van der Waals surface area contributed by atoms with E-state index in [1.54, 1.807) is 0 Å². The second-order valence-corrected chi connectivity index (χ2v) is 2.74. The fourth-order valence-corrected chi connectivity index (χ4v) is 1.24. The highest BCUT2D eigenvalue weighted by molar-refractivity contribution is 6.65. The zero-order valence-electron chi connectivity index (χ0n) is 5.84. The Hall–Kier alpha value is -1.02. The summed E-state index contributed by atoms with van der Waals surface area (Å²) in [6, 6.07) is 7.95. The van der Waals surface area contributed by atoms with E-state index < -0.39 is 0 Å². The van der Waals surface area contributed by atoms with Gasteiger partial charge in [0.2, 0.25) is 0 Å². The van der Waals surface area contributed by atoms with Crippen LogP contribution in [0.3, 0.4) is 0 Å². The van der Waals surface area contributed by atoms with Gasteiger partial charge in [-0.05, 0) is 23.2 Å². The van der Waals surface area contributed by atoms with Crippen LogP contribution in [0, 0.1) is 0 Å². The lowest BCUT2D eigenvalue weighted by Crippen LogP contribution is -2.20. The summed E-state index contributed by atoms with van der Waals surface area (Å²) >= 11 is 5.68. The number of hydrogen-bond donors (Lipinski definition) is 1. The van der Waals surface area contributed by atoms with Crippen LogP contribution in [0.15, 0.2) is 29.3 Å². The highest BCUT2D eigenvalue weighted by Crippen LogP contribution is 2.21. The Balaban J connectivity index is 2.51. The first-order chi connectivity index (χ1) is 5.36. The molecule has 2 nitrogen and oxygen atoms in total. The van der Waals surface area contributed by atoms with Crippen LogP contribution in [-0.2, 0) is 6.54 Å². The summed E-state index contributed by atoms with van der Waals surface area (Å²) in [6.45, 7) is 0.776. The summed E-state index contributed by atoms with van der Waals surface area (Å²) in [5.41, 5.74) is 2.16. The topological polar surface area (TPSA) is 24.4 Å². The zero-order valence-corrected chi connectivity index (χ0v) is 6.60. The number of amidine groups is 1. The van der Waals surface area contributed by atoms with Gasteiger partial charge in [0, 0.05) is 6.54 Å². The molecule has 1 aromatic carbocycles. The summed E-state index contributed by atoms with van der Waals surface area (Å²) < 4.78 is 0. The molecule has 56 valence electrons. The Kier molecular flexibility index (Phi) is 1.55. The SMILES string of the molecule is ClC1=Nc2ccccc2CN1. The van der Waals surface area contributed by atoms with Crippen molar-refractivity contribution in [1.82, 2.24) is 5.32 Å². The standard InChI is InChI=1S/C8H7ClN2/c9-8-10-5-6-3-1-2-4-7(6)11-8/h1-4H,5H2,(H,10,11). The van der Waals surface area contributed by atoms with Crippen molar-refractivity contribution in [2.24, 2.45) is 4.99 Å². The summed E-state index contributed by atoms with van der Waals surface area (Å²) in [5.74, 6) is 0. The van der Waals surface area contributed by atoms with E-state index in [-0.39, 0.29) is 0 Å². The highest BCUT2D eigenvalue weighted by Gasteiger charge is 2.06. The number of para-hydroxylation sites is 1. The molecule has 1 heterocycles. The first kappa shape index (κ1) is 6.68. The lowest BCUT2D eigenvalue weighted by Gasteiger charge is -2.12. The van der Waals surface area contributed by atoms with Crippen molar-refractivity contribution in [1.29, 1.82) is 0 Å². The molecule has 0 aliphatic carbocycles. The Bertz CT molecular complexity index is 307. The lowest BCUT2D eigenvalue weighted by atomic mass is 10.1. The van der Waals surface area contributed by atoms with Crippen molar-refractivity contribution < 1.29 is 0 Å². The van der Waals surface area contributed by atoms with Crippen LogP contribution in [0.2, 0.25) is 0 Å². The van der Waals surface area contributed by atoms with Gasteiger partial charge >= 0.3 is 0 Å². The molecule has 0 atom stereocenters. The number of halogens is 1.